The average Bonchev–Trinajstić information content (AvgIpc) is 2.34. The molecule has 21 heavy (non-hydrogen) atoms. The molecule has 0 radical (unpaired) electrons. The minimum absolute atomic E-state index is 0.237. The van der Waals surface area contributed by atoms with Gasteiger partial charge in [0, 0.05) is 18.7 Å². The van der Waals surface area contributed by atoms with Crippen molar-refractivity contribution in [1.82, 2.24) is 4.72 Å². The number of hydrogen-bond donors (Lipinski definition) is 3. The van der Waals surface area contributed by atoms with E-state index in [9.17, 15) is 13.2 Å². The quantitative estimate of drug-likeness (QED) is 0.517. The highest BCUT2D eigenvalue weighted by Crippen LogP contribution is 2.27. The van der Waals surface area contributed by atoms with Crippen molar-refractivity contribution in [2.75, 3.05) is 12.3 Å². The van der Waals surface area contributed by atoms with E-state index in [2.05, 4.69) is 4.72 Å². The first-order chi connectivity index (χ1) is 9.66. The largest absolute Gasteiger partial charge is 0.398 e. The minimum atomic E-state index is -3.61. The van der Waals surface area contributed by atoms with E-state index in [1.54, 1.807) is 19.9 Å². The van der Waals surface area contributed by atoms with E-state index in [0.29, 0.717) is 29.7 Å². The maximum atomic E-state index is 12.4. The molecule has 1 aromatic rings. The Labute approximate surface area is 126 Å². The Morgan fingerprint density at radius 2 is 1.81 bits per heavy atom. The van der Waals surface area contributed by atoms with Crippen LogP contribution in [0, 0.1) is 20.8 Å². The van der Waals surface area contributed by atoms with Gasteiger partial charge in [-0.2, -0.15) is 0 Å². The van der Waals surface area contributed by atoms with Crippen LogP contribution in [0.15, 0.2) is 11.0 Å². The van der Waals surface area contributed by atoms with Crippen molar-refractivity contribution in [2.24, 2.45) is 5.73 Å². The number of carbonyl (C=O) groups excluding carboxylic acids is 1. The molecule has 0 fully saturated rings. The molecule has 1 amide bonds. The Morgan fingerprint density at radius 3 is 2.38 bits per heavy atom. The predicted octanol–water partition coefficient (Wildman–Crippen LogP) is 1.13. The average molecular weight is 313 g/mol. The number of nitrogens with two attached hydrogens (primary N) is 2. The number of carbonyl (C=O) groups is 1. The first-order valence-corrected chi connectivity index (χ1v) is 8.29. The van der Waals surface area contributed by atoms with Crippen molar-refractivity contribution in [3.05, 3.63) is 22.8 Å². The van der Waals surface area contributed by atoms with Gasteiger partial charge in [0.25, 0.3) is 0 Å². The summed E-state index contributed by atoms with van der Waals surface area (Å²) in [6, 6.07) is 1.77. The third-order valence-electron chi connectivity index (χ3n) is 3.37. The molecule has 0 saturated heterocycles. The lowest BCUT2D eigenvalue weighted by atomic mass is 10.1. The highest BCUT2D eigenvalue weighted by Gasteiger charge is 2.21. The van der Waals surface area contributed by atoms with Crippen LogP contribution in [0.2, 0.25) is 0 Å². The number of rotatable bonds is 7. The summed E-state index contributed by atoms with van der Waals surface area (Å²) in [6.45, 7) is 5.57. The Bertz CT molecular complexity index is 639. The standard InChI is InChI=1S/C14H23N3O3S/c1-9-8-10(2)14(11(3)13(9)16)21(19,20)17-7-5-4-6-12(15)18/h8,17H,4-7,16H2,1-3H3,(H2,15,18). The Balaban J connectivity index is 2.85. The molecule has 0 aliphatic carbocycles. The molecule has 0 heterocycles. The molecule has 1 rings (SSSR count). The molecule has 5 N–H and O–H groups in total. The van der Waals surface area contributed by atoms with E-state index < -0.39 is 10.0 Å². The zero-order valence-electron chi connectivity index (χ0n) is 12.7. The molecule has 0 aliphatic heterocycles. The summed E-state index contributed by atoms with van der Waals surface area (Å²) in [5.41, 5.74) is 13.5. The topological polar surface area (TPSA) is 115 Å². The molecule has 6 nitrogen and oxygen atoms in total. The van der Waals surface area contributed by atoms with Gasteiger partial charge in [0.2, 0.25) is 15.9 Å². The highest BCUT2D eigenvalue weighted by atomic mass is 32.2. The third kappa shape index (κ3) is 4.44. The zero-order chi connectivity index (χ0) is 16.2. The van der Waals surface area contributed by atoms with E-state index in [4.69, 9.17) is 11.5 Å². The van der Waals surface area contributed by atoms with Gasteiger partial charge in [0.1, 0.15) is 0 Å². The molecule has 7 heteroatoms. The number of nitrogen functional groups attached to an aromatic ring is 1. The normalized spacial score (nSPS) is 11.6. The Morgan fingerprint density at radius 1 is 1.19 bits per heavy atom. The number of benzene rings is 1. The number of unbranched alkanes of at least 4 members (excludes halogenated alkanes) is 1. The number of amides is 1. The van der Waals surface area contributed by atoms with Crippen molar-refractivity contribution >= 4 is 21.6 Å². The van der Waals surface area contributed by atoms with Crippen LogP contribution in [0.3, 0.4) is 0 Å². The van der Waals surface area contributed by atoms with E-state index in [1.807, 2.05) is 6.92 Å². The highest BCUT2D eigenvalue weighted by molar-refractivity contribution is 7.89. The summed E-state index contributed by atoms with van der Waals surface area (Å²) < 4.78 is 27.3. The summed E-state index contributed by atoms with van der Waals surface area (Å²) in [5, 5.41) is 0. The molecule has 0 saturated carbocycles. The molecule has 1 aromatic carbocycles. The van der Waals surface area contributed by atoms with Gasteiger partial charge in [0.05, 0.1) is 4.90 Å². The van der Waals surface area contributed by atoms with Crippen LogP contribution < -0.4 is 16.2 Å². The molecular formula is C14H23N3O3S. The van der Waals surface area contributed by atoms with Crippen LogP contribution in [0.25, 0.3) is 0 Å². The molecule has 0 unspecified atom stereocenters. The second kappa shape index (κ2) is 6.91. The fourth-order valence-corrected chi connectivity index (χ4v) is 3.85. The summed E-state index contributed by atoms with van der Waals surface area (Å²) in [6.07, 6.45) is 1.38. The Hall–Kier alpha value is -1.60. The van der Waals surface area contributed by atoms with E-state index in [1.165, 1.54) is 0 Å². The van der Waals surface area contributed by atoms with Gasteiger partial charge in [-0.05, 0) is 50.3 Å². The van der Waals surface area contributed by atoms with E-state index in [0.717, 1.165) is 5.56 Å². The van der Waals surface area contributed by atoms with Gasteiger partial charge in [-0.25, -0.2) is 13.1 Å². The van der Waals surface area contributed by atoms with Crippen LogP contribution in [0.1, 0.15) is 36.0 Å². The van der Waals surface area contributed by atoms with Crippen molar-refractivity contribution in [3.63, 3.8) is 0 Å². The number of hydrogen-bond acceptors (Lipinski definition) is 4. The molecule has 0 spiro atoms. The Kier molecular flexibility index (Phi) is 5.74. The van der Waals surface area contributed by atoms with Gasteiger partial charge >= 0.3 is 0 Å². The monoisotopic (exact) mass is 313 g/mol. The first kappa shape index (κ1) is 17.5. The van der Waals surface area contributed by atoms with Crippen molar-refractivity contribution in [3.8, 4) is 0 Å². The number of anilines is 1. The smallest absolute Gasteiger partial charge is 0.241 e. The minimum Gasteiger partial charge on any atom is -0.398 e. The SMILES string of the molecule is Cc1cc(C)c(S(=O)(=O)NCCCCC(N)=O)c(C)c1N. The van der Waals surface area contributed by atoms with Crippen LogP contribution in [-0.4, -0.2) is 20.9 Å². The summed E-state index contributed by atoms with van der Waals surface area (Å²) in [7, 11) is -3.61. The number of aryl methyl sites for hydroxylation is 2. The fraction of sp³-hybridized carbons (Fsp3) is 0.500. The summed E-state index contributed by atoms with van der Waals surface area (Å²) >= 11 is 0. The molecule has 0 atom stereocenters. The van der Waals surface area contributed by atoms with Gasteiger partial charge in [-0.3, -0.25) is 4.79 Å². The number of nitrogens with one attached hydrogen (secondary N) is 1. The van der Waals surface area contributed by atoms with E-state index >= 15 is 0 Å². The summed E-state index contributed by atoms with van der Waals surface area (Å²) in [4.78, 5) is 10.8. The van der Waals surface area contributed by atoms with Crippen molar-refractivity contribution in [2.45, 2.75) is 44.9 Å². The molecule has 0 aliphatic rings. The molecular weight excluding hydrogens is 290 g/mol. The second-order valence-electron chi connectivity index (χ2n) is 5.20. The van der Waals surface area contributed by atoms with E-state index in [-0.39, 0.29) is 23.8 Å². The second-order valence-corrected chi connectivity index (χ2v) is 6.90. The van der Waals surface area contributed by atoms with Crippen LogP contribution >= 0.6 is 0 Å². The van der Waals surface area contributed by atoms with Gasteiger partial charge < -0.3 is 11.5 Å². The summed E-state index contributed by atoms with van der Waals surface area (Å²) in [5.74, 6) is -0.379. The van der Waals surface area contributed by atoms with Gasteiger partial charge in [0.15, 0.2) is 0 Å². The molecule has 0 bridgehead atoms. The lowest BCUT2D eigenvalue weighted by molar-refractivity contribution is -0.118. The van der Waals surface area contributed by atoms with Crippen LogP contribution in [-0.2, 0) is 14.8 Å². The lowest BCUT2D eigenvalue weighted by Gasteiger charge is -2.15. The zero-order valence-corrected chi connectivity index (χ0v) is 13.5. The van der Waals surface area contributed by atoms with Crippen LogP contribution in [0.4, 0.5) is 5.69 Å². The van der Waals surface area contributed by atoms with Crippen molar-refractivity contribution in [1.29, 1.82) is 0 Å². The predicted molar refractivity (Wildman–Crippen MR) is 83.3 cm³/mol. The van der Waals surface area contributed by atoms with Gasteiger partial charge in [-0.1, -0.05) is 6.07 Å². The number of primary amides is 1. The molecule has 118 valence electrons. The molecule has 0 aromatic heterocycles. The maximum absolute atomic E-state index is 12.4. The maximum Gasteiger partial charge on any atom is 0.241 e. The third-order valence-corrected chi connectivity index (χ3v) is 5.12. The van der Waals surface area contributed by atoms with Gasteiger partial charge in [-0.15, -0.1) is 0 Å². The van der Waals surface area contributed by atoms with Crippen LogP contribution in [0.5, 0.6) is 0 Å². The van der Waals surface area contributed by atoms with Crippen molar-refractivity contribution < 1.29 is 13.2 Å². The lowest BCUT2D eigenvalue weighted by Crippen LogP contribution is -2.27. The first-order valence-electron chi connectivity index (χ1n) is 6.81. The number of sulfonamides is 1. The fourth-order valence-electron chi connectivity index (χ4n) is 2.30.